The zero-order valence-electron chi connectivity index (χ0n) is 18.3. The first kappa shape index (κ1) is 25.4. The molecule has 0 atom stereocenters. The van der Waals surface area contributed by atoms with E-state index in [9.17, 15) is 0 Å². The number of aromatic nitrogens is 2. The van der Waals surface area contributed by atoms with Crippen LogP contribution in [0.2, 0.25) is 0 Å². The maximum absolute atomic E-state index is 4.79. The third-order valence-corrected chi connectivity index (χ3v) is 10.0. The van der Waals surface area contributed by atoms with Crippen LogP contribution in [0.25, 0.3) is 21.8 Å². The number of alkyl halides is 2. The Kier molecular flexibility index (Phi) is 10.3. The van der Waals surface area contributed by atoms with Gasteiger partial charge < -0.3 is 0 Å². The van der Waals surface area contributed by atoms with Crippen molar-refractivity contribution in [3.63, 3.8) is 0 Å². The molecular weight excluding hydrogens is 596 g/mol. The van der Waals surface area contributed by atoms with Crippen LogP contribution in [0, 0.1) is 0 Å². The van der Waals surface area contributed by atoms with E-state index >= 15 is 0 Å². The lowest BCUT2D eigenvalue weighted by Crippen LogP contribution is -1.92. The third kappa shape index (κ3) is 6.69. The van der Waals surface area contributed by atoms with Crippen LogP contribution in [0.5, 0.6) is 0 Å². The van der Waals surface area contributed by atoms with Gasteiger partial charge in [-0.3, -0.25) is 9.97 Å². The number of pyridine rings is 2. The van der Waals surface area contributed by atoms with Crippen molar-refractivity contribution in [3.8, 4) is 0 Å². The molecule has 0 fully saturated rings. The first-order valence-corrected chi connectivity index (χ1v) is 16.2. The predicted molar refractivity (Wildman–Crippen MR) is 155 cm³/mol. The molecule has 0 unspecified atom stereocenters. The molecular formula is C26H26Br2N2S3. The van der Waals surface area contributed by atoms with Crippen molar-refractivity contribution in [2.24, 2.45) is 0 Å². The zero-order valence-corrected chi connectivity index (χ0v) is 23.9. The van der Waals surface area contributed by atoms with Crippen LogP contribution in [0.15, 0.2) is 80.5 Å². The monoisotopic (exact) mass is 620 g/mol. The fourth-order valence-corrected chi connectivity index (χ4v) is 7.90. The van der Waals surface area contributed by atoms with E-state index in [1.54, 1.807) is 0 Å². The van der Waals surface area contributed by atoms with E-state index in [0.717, 1.165) is 33.2 Å². The highest BCUT2D eigenvalue weighted by molar-refractivity contribution is 9.09. The molecule has 4 rings (SSSR count). The van der Waals surface area contributed by atoms with Gasteiger partial charge in [0.2, 0.25) is 0 Å². The Morgan fingerprint density at radius 3 is 1.52 bits per heavy atom. The van der Waals surface area contributed by atoms with E-state index in [1.807, 2.05) is 47.7 Å². The minimum absolute atomic E-state index is 1.06. The van der Waals surface area contributed by atoms with Gasteiger partial charge in [-0.1, -0.05) is 80.0 Å². The number of thioether (sulfide) groups is 2. The Hall–Kier alpha value is -0.730. The Bertz CT molecular complexity index is 1110. The molecule has 0 aliphatic heterocycles. The molecule has 0 saturated heterocycles. The van der Waals surface area contributed by atoms with Crippen molar-refractivity contribution < 1.29 is 0 Å². The second-order valence-corrected chi connectivity index (χ2v) is 12.4. The summed E-state index contributed by atoms with van der Waals surface area (Å²) in [5.74, 6) is 2.22. The number of unbranched alkanes of at least 4 members (excludes halogenated alkanes) is 2. The summed E-state index contributed by atoms with van der Waals surface area (Å²) >= 11 is 12.8. The lowest BCUT2D eigenvalue weighted by atomic mass is 10.2. The average Bonchev–Trinajstić information content (AvgIpc) is 2.86. The number of rotatable bonds is 12. The lowest BCUT2D eigenvalue weighted by molar-refractivity contribution is 0.912. The summed E-state index contributed by atoms with van der Waals surface area (Å²) in [6, 6.07) is 17.0. The maximum Gasteiger partial charge on any atom is 0.0714 e. The highest BCUT2D eigenvalue weighted by Crippen LogP contribution is 2.44. The van der Waals surface area contributed by atoms with Crippen LogP contribution < -0.4 is 0 Å². The molecule has 2 nitrogen and oxygen atoms in total. The Morgan fingerprint density at radius 1 is 0.606 bits per heavy atom. The molecule has 0 amide bonds. The quantitative estimate of drug-likeness (QED) is 0.0891. The minimum Gasteiger partial charge on any atom is -0.255 e. The van der Waals surface area contributed by atoms with Gasteiger partial charge in [0.1, 0.15) is 0 Å². The normalized spacial score (nSPS) is 11.5. The maximum atomic E-state index is 4.79. The number of halogens is 2. The van der Waals surface area contributed by atoms with Crippen LogP contribution in [-0.2, 0) is 0 Å². The fourth-order valence-electron chi connectivity index (χ4n) is 3.50. The molecule has 2 aromatic carbocycles. The van der Waals surface area contributed by atoms with Gasteiger partial charge in [-0.25, -0.2) is 0 Å². The van der Waals surface area contributed by atoms with Gasteiger partial charge in [0.05, 0.1) is 11.0 Å². The summed E-state index contributed by atoms with van der Waals surface area (Å²) in [4.78, 5) is 14.7. The summed E-state index contributed by atoms with van der Waals surface area (Å²) in [5.41, 5.74) is 2.12. The minimum atomic E-state index is 1.06. The second kappa shape index (κ2) is 13.4. The standard InChI is InChI=1S/C26H26Br2N2S3/c27-13-5-7-15-31-25-19-9-1-3-11-21(19)29-17-23(25)33-24-18-30-22-12-4-2-10-20(22)26(24)32-16-8-6-14-28/h1-4,9-12,17-18H,5-8,13-16H2. The second-order valence-electron chi connectivity index (χ2n) is 7.53. The molecule has 2 aromatic heterocycles. The average molecular weight is 623 g/mol. The van der Waals surface area contributed by atoms with Crippen LogP contribution in [0.3, 0.4) is 0 Å². The molecule has 0 bridgehead atoms. The first-order valence-electron chi connectivity index (χ1n) is 11.1. The number of fused-ring (bicyclic) bond motifs is 2. The van der Waals surface area contributed by atoms with E-state index in [1.165, 1.54) is 56.0 Å². The topological polar surface area (TPSA) is 25.8 Å². The van der Waals surface area contributed by atoms with Crippen LogP contribution >= 0.6 is 67.1 Å². The van der Waals surface area contributed by atoms with E-state index in [-0.39, 0.29) is 0 Å². The van der Waals surface area contributed by atoms with E-state index in [0.29, 0.717) is 0 Å². The summed E-state index contributed by atoms with van der Waals surface area (Å²) in [6.45, 7) is 0. The SMILES string of the molecule is BrCCCCSc1c(Sc2cnc3ccccc3c2SCCCCBr)cnc2ccccc12. The van der Waals surface area contributed by atoms with Crippen molar-refractivity contribution in [3.05, 3.63) is 60.9 Å². The summed E-state index contributed by atoms with van der Waals surface area (Å²) in [5, 5.41) is 4.60. The first-order chi connectivity index (χ1) is 16.3. The van der Waals surface area contributed by atoms with Crippen molar-refractivity contribution >= 4 is 89.0 Å². The van der Waals surface area contributed by atoms with E-state index < -0.39 is 0 Å². The van der Waals surface area contributed by atoms with Crippen molar-refractivity contribution in [2.45, 2.75) is 45.3 Å². The predicted octanol–water partition coefficient (Wildman–Crippen LogP) is 9.47. The van der Waals surface area contributed by atoms with Crippen molar-refractivity contribution in [2.75, 3.05) is 22.2 Å². The largest absolute Gasteiger partial charge is 0.255 e. The molecule has 33 heavy (non-hydrogen) atoms. The summed E-state index contributed by atoms with van der Waals surface area (Å²) in [7, 11) is 0. The molecule has 0 spiro atoms. The van der Waals surface area contributed by atoms with E-state index in [4.69, 9.17) is 9.97 Å². The van der Waals surface area contributed by atoms with Gasteiger partial charge in [0.25, 0.3) is 0 Å². The summed E-state index contributed by atoms with van der Waals surface area (Å²) < 4.78 is 0. The molecule has 0 aliphatic rings. The Labute approximate surface area is 225 Å². The molecule has 0 saturated carbocycles. The van der Waals surface area contributed by atoms with Gasteiger partial charge in [-0.05, 0) is 49.3 Å². The molecule has 4 aromatic rings. The number of benzene rings is 2. The summed E-state index contributed by atoms with van der Waals surface area (Å²) in [6.07, 6.45) is 8.89. The molecule has 7 heteroatoms. The number of nitrogens with zero attached hydrogens (tertiary/aromatic N) is 2. The number of hydrogen-bond donors (Lipinski definition) is 0. The molecule has 0 aliphatic carbocycles. The Morgan fingerprint density at radius 2 is 1.06 bits per heavy atom. The van der Waals surface area contributed by atoms with Gasteiger partial charge in [-0.2, -0.15) is 0 Å². The van der Waals surface area contributed by atoms with Crippen LogP contribution in [-0.4, -0.2) is 32.1 Å². The highest BCUT2D eigenvalue weighted by Gasteiger charge is 2.15. The van der Waals surface area contributed by atoms with E-state index in [2.05, 4.69) is 80.4 Å². The van der Waals surface area contributed by atoms with Crippen LogP contribution in [0.4, 0.5) is 0 Å². The fraction of sp³-hybridized carbons (Fsp3) is 0.308. The molecule has 172 valence electrons. The third-order valence-electron chi connectivity index (χ3n) is 5.16. The van der Waals surface area contributed by atoms with Crippen molar-refractivity contribution in [1.29, 1.82) is 0 Å². The zero-order chi connectivity index (χ0) is 22.9. The number of hydrogen-bond acceptors (Lipinski definition) is 5. The van der Waals surface area contributed by atoms with Gasteiger partial charge in [0.15, 0.2) is 0 Å². The van der Waals surface area contributed by atoms with Gasteiger partial charge >= 0.3 is 0 Å². The van der Waals surface area contributed by atoms with Gasteiger partial charge in [0, 0.05) is 53.4 Å². The smallest absolute Gasteiger partial charge is 0.0714 e. The lowest BCUT2D eigenvalue weighted by Gasteiger charge is -2.15. The highest BCUT2D eigenvalue weighted by atomic mass is 79.9. The molecule has 2 heterocycles. The van der Waals surface area contributed by atoms with Crippen molar-refractivity contribution in [1.82, 2.24) is 9.97 Å². The Balaban J connectivity index is 1.70. The molecule has 0 radical (unpaired) electrons. The van der Waals surface area contributed by atoms with Crippen LogP contribution in [0.1, 0.15) is 25.7 Å². The van der Waals surface area contributed by atoms with Gasteiger partial charge in [-0.15, -0.1) is 23.5 Å². The number of para-hydroxylation sites is 2. The molecule has 0 N–H and O–H groups in total.